The summed E-state index contributed by atoms with van der Waals surface area (Å²) >= 11 is 0. The van der Waals surface area contributed by atoms with Crippen LogP contribution in [0.25, 0.3) is 0 Å². The van der Waals surface area contributed by atoms with Crippen LogP contribution in [-0.4, -0.2) is 20.8 Å². The van der Waals surface area contributed by atoms with Crippen LogP contribution in [0.2, 0.25) is 0 Å². The van der Waals surface area contributed by atoms with E-state index in [1.54, 1.807) is 23.3 Å². The predicted octanol–water partition coefficient (Wildman–Crippen LogP) is 3.25. The summed E-state index contributed by atoms with van der Waals surface area (Å²) in [7, 11) is 0. The van der Waals surface area contributed by atoms with Crippen LogP contribution >= 0.6 is 0 Å². The predicted molar refractivity (Wildman–Crippen MR) is 84.6 cm³/mol. The second-order valence-corrected chi connectivity index (χ2v) is 4.99. The van der Waals surface area contributed by atoms with Gasteiger partial charge in [0.1, 0.15) is 11.6 Å². The molecule has 24 heavy (non-hydrogen) atoms. The molecule has 2 amide bonds. The molecule has 0 aliphatic rings. The number of anilines is 2. The summed E-state index contributed by atoms with van der Waals surface area (Å²) in [6.07, 6.45) is 6.48. The number of hydrogen-bond acceptors (Lipinski definition) is 3. The molecule has 0 aliphatic heterocycles. The third-order valence-electron chi connectivity index (χ3n) is 3.16. The summed E-state index contributed by atoms with van der Waals surface area (Å²) in [5.41, 5.74) is 1.35. The lowest BCUT2D eigenvalue weighted by Crippen LogP contribution is -2.19. The minimum atomic E-state index is -0.849. The second kappa shape index (κ2) is 6.86. The van der Waals surface area contributed by atoms with Crippen LogP contribution < -0.4 is 10.6 Å². The largest absolute Gasteiger partial charge is 0.323 e. The van der Waals surface area contributed by atoms with Crippen LogP contribution in [0.4, 0.5) is 25.0 Å². The number of pyridine rings is 1. The number of carbonyl (C=O) groups excluding carboxylic acids is 1. The molecule has 0 saturated carbocycles. The Labute approximate surface area is 136 Å². The molecule has 0 bridgehead atoms. The van der Waals surface area contributed by atoms with E-state index >= 15 is 0 Å². The molecule has 2 aromatic heterocycles. The molecule has 8 heteroatoms. The highest BCUT2D eigenvalue weighted by molar-refractivity contribution is 5.99. The Kier molecular flexibility index (Phi) is 4.46. The number of carbonyl (C=O) groups is 1. The topological polar surface area (TPSA) is 71.8 Å². The molecule has 0 unspecified atom stereocenters. The molecule has 0 radical (unpaired) electrons. The van der Waals surface area contributed by atoms with Gasteiger partial charge in [0.2, 0.25) is 0 Å². The number of nitrogens with one attached hydrogen (secondary N) is 2. The number of amides is 2. The van der Waals surface area contributed by atoms with Gasteiger partial charge in [-0.1, -0.05) is 0 Å². The molecule has 6 nitrogen and oxygen atoms in total. The third-order valence-corrected chi connectivity index (χ3v) is 3.16. The molecule has 2 N–H and O–H groups in total. The fourth-order valence-electron chi connectivity index (χ4n) is 2.07. The highest BCUT2D eigenvalue weighted by Gasteiger charge is 2.09. The number of benzene rings is 1. The molecular formula is C16H13F2N5O. The van der Waals surface area contributed by atoms with Crippen LogP contribution in [0.15, 0.2) is 55.1 Å². The van der Waals surface area contributed by atoms with Crippen molar-refractivity contribution in [2.24, 2.45) is 0 Å². The molecule has 122 valence electrons. The first-order valence-corrected chi connectivity index (χ1v) is 7.04. The smallest absolute Gasteiger partial charge is 0.305 e. The van der Waals surface area contributed by atoms with Crippen molar-refractivity contribution in [3.63, 3.8) is 0 Å². The Bertz CT molecular complexity index is 851. The Morgan fingerprint density at radius 2 is 1.92 bits per heavy atom. The maximum Gasteiger partial charge on any atom is 0.323 e. The summed E-state index contributed by atoms with van der Waals surface area (Å²) in [4.78, 5) is 15.8. The van der Waals surface area contributed by atoms with E-state index in [9.17, 15) is 13.6 Å². The van der Waals surface area contributed by atoms with Gasteiger partial charge in [0, 0.05) is 24.7 Å². The zero-order valence-corrected chi connectivity index (χ0v) is 12.4. The minimum Gasteiger partial charge on any atom is -0.305 e. The monoisotopic (exact) mass is 329 g/mol. The average molecular weight is 329 g/mol. The van der Waals surface area contributed by atoms with Gasteiger partial charge in [-0.25, -0.2) is 13.6 Å². The fourth-order valence-corrected chi connectivity index (χ4v) is 2.07. The van der Waals surface area contributed by atoms with Crippen LogP contribution in [0.3, 0.4) is 0 Å². The molecular weight excluding hydrogens is 316 g/mol. The highest BCUT2D eigenvalue weighted by atomic mass is 19.1. The van der Waals surface area contributed by atoms with Gasteiger partial charge in [-0.15, -0.1) is 0 Å². The number of hydrogen-bond donors (Lipinski definition) is 2. The van der Waals surface area contributed by atoms with Crippen molar-refractivity contribution < 1.29 is 13.6 Å². The lowest BCUT2D eigenvalue weighted by atomic mass is 10.3. The van der Waals surface area contributed by atoms with Gasteiger partial charge in [0.05, 0.1) is 24.1 Å². The molecule has 0 saturated heterocycles. The van der Waals surface area contributed by atoms with Gasteiger partial charge < -0.3 is 10.6 Å². The zero-order valence-electron chi connectivity index (χ0n) is 12.4. The standard InChI is InChI=1S/C16H13F2N5O/c17-12-1-2-15(14(18)7-12)22-16(24)21-13-8-20-23(10-13)9-11-3-5-19-6-4-11/h1-8,10H,9H2,(H2,21,22,24). The fraction of sp³-hybridized carbons (Fsp3) is 0.0625. The molecule has 3 aromatic rings. The highest BCUT2D eigenvalue weighted by Crippen LogP contribution is 2.15. The number of nitrogens with zero attached hydrogens (tertiary/aromatic N) is 3. The molecule has 0 spiro atoms. The first-order valence-electron chi connectivity index (χ1n) is 7.04. The normalized spacial score (nSPS) is 10.4. The lowest BCUT2D eigenvalue weighted by molar-refractivity contribution is 0.262. The number of urea groups is 1. The molecule has 2 heterocycles. The first kappa shape index (κ1) is 15.6. The zero-order chi connectivity index (χ0) is 16.9. The molecule has 0 aliphatic carbocycles. The van der Waals surface area contributed by atoms with Gasteiger partial charge >= 0.3 is 6.03 Å². The van der Waals surface area contributed by atoms with Crippen molar-refractivity contribution in [2.75, 3.05) is 10.6 Å². The van der Waals surface area contributed by atoms with Crippen LogP contribution in [0.5, 0.6) is 0 Å². The number of halogens is 2. The molecule has 1 aromatic carbocycles. The summed E-state index contributed by atoms with van der Waals surface area (Å²) in [5, 5.41) is 8.97. The third kappa shape index (κ3) is 3.92. The van der Waals surface area contributed by atoms with Gasteiger partial charge in [0.15, 0.2) is 0 Å². The minimum absolute atomic E-state index is 0.113. The van der Waals surface area contributed by atoms with E-state index in [4.69, 9.17) is 0 Å². The second-order valence-electron chi connectivity index (χ2n) is 4.99. The maximum atomic E-state index is 13.5. The van der Waals surface area contributed by atoms with E-state index in [1.807, 2.05) is 12.1 Å². The van der Waals surface area contributed by atoms with Crippen LogP contribution in [0, 0.1) is 11.6 Å². The van der Waals surface area contributed by atoms with Crippen molar-refractivity contribution in [3.05, 3.63) is 72.3 Å². The van der Waals surface area contributed by atoms with E-state index in [2.05, 4.69) is 20.7 Å². The lowest BCUT2D eigenvalue weighted by Gasteiger charge is -2.07. The summed E-state index contributed by atoms with van der Waals surface area (Å²) in [6, 6.07) is 5.98. The number of aromatic nitrogens is 3. The van der Waals surface area contributed by atoms with E-state index in [0.29, 0.717) is 18.3 Å². The molecule has 3 rings (SSSR count). The van der Waals surface area contributed by atoms with Crippen molar-refractivity contribution in [2.45, 2.75) is 6.54 Å². The van der Waals surface area contributed by atoms with E-state index in [1.165, 1.54) is 6.20 Å². The summed E-state index contributed by atoms with van der Waals surface area (Å²) in [5.74, 6) is -1.56. The quantitative estimate of drug-likeness (QED) is 0.772. The summed E-state index contributed by atoms with van der Waals surface area (Å²) < 4.78 is 28.0. The Balaban J connectivity index is 1.61. The molecule has 0 fully saturated rings. The summed E-state index contributed by atoms with van der Waals surface area (Å²) in [6.45, 7) is 0.526. The van der Waals surface area contributed by atoms with E-state index < -0.39 is 17.7 Å². The van der Waals surface area contributed by atoms with E-state index in [-0.39, 0.29) is 5.69 Å². The van der Waals surface area contributed by atoms with Gasteiger partial charge in [-0.05, 0) is 29.8 Å². The Hall–Kier alpha value is -3.29. The van der Waals surface area contributed by atoms with Crippen molar-refractivity contribution >= 4 is 17.4 Å². The van der Waals surface area contributed by atoms with Crippen LogP contribution in [-0.2, 0) is 6.54 Å². The van der Waals surface area contributed by atoms with Crippen molar-refractivity contribution in [3.8, 4) is 0 Å². The SMILES string of the molecule is O=C(Nc1cnn(Cc2ccncc2)c1)Nc1ccc(F)cc1F. The first-order chi connectivity index (χ1) is 11.6. The Morgan fingerprint density at radius 1 is 1.12 bits per heavy atom. The van der Waals surface area contributed by atoms with E-state index in [0.717, 1.165) is 17.7 Å². The molecule has 0 atom stereocenters. The number of rotatable bonds is 4. The van der Waals surface area contributed by atoms with Crippen molar-refractivity contribution in [1.82, 2.24) is 14.8 Å². The average Bonchev–Trinajstić information content (AvgIpc) is 2.98. The maximum absolute atomic E-state index is 13.5. The van der Waals surface area contributed by atoms with Gasteiger partial charge in [-0.2, -0.15) is 5.10 Å². The van der Waals surface area contributed by atoms with Gasteiger partial charge in [0.25, 0.3) is 0 Å². The Morgan fingerprint density at radius 3 is 2.67 bits per heavy atom. The van der Waals surface area contributed by atoms with Gasteiger partial charge in [-0.3, -0.25) is 9.67 Å². The van der Waals surface area contributed by atoms with Crippen molar-refractivity contribution in [1.29, 1.82) is 0 Å². The van der Waals surface area contributed by atoms with Crippen LogP contribution in [0.1, 0.15) is 5.56 Å².